The molecule has 2 heterocycles. The van der Waals surface area contributed by atoms with E-state index in [2.05, 4.69) is 25.9 Å². The van der Waals surface area contributed by atoms with Crippen molar-refractivity contribution in [3.05, 3.63) is 59.9 Å². The van der Waals surface area contributed by atoms with Gasteiger partial charge >= 0.3 is 0 Å². The van der Waals surface area contributed by atoms with Crippen LogP contribution in [0.15, 0.2) is 48.5 Å². The van der Waals surface area contributed by atoms with Crippen molar-refractivity contribution in [3.8, 4) is 16.3 Å². The molecule has 2 aromatic heterocycles. The highest BCUT2D eigenvalue weighted by atomic mass is 32.1. The van der Waals surface area contributed by atoms with E-state index in [4.69, 9.17) is 17.0 Å². The Kier molecular flexibility index (Phi) is 6.72. The minimum Gasteiger partial charge on any atom is -0.494 e. The molecular formula is C22H22N6O2S2. The van der Waals surface area contributed by atoms with Crippen LogP contribution in [0.1, 0.15) is 36.5 Å². The molecule has 2 N–H and O–H groups in total. The number of thiocarbonyl (C=S) groups is 1. The SMILES string of the molecule is CCCOc1ccc(C(=O)NC(=S)Nc2ccc(-c3nn4c(CC)nnc4s3)cc2)cc1. The lowest BCUT2D eigenvalue weighted by Crippen LogP contribution is -2.34. The maximum absolute atomic E-state index is 12.4. The average Bonchev–Trinajstić information content (AvgIpc) is 3.39. The van der Waals surface area contributed by atoms with Crippen molar-refractivity contribution in [2.24, 2.45) is 0 Å². The van der Waals surface area contributed by atoms with Gasteiger partial charge in [0.05, 0.1) is 6.61 Å². The predicted octanol–water partition coefficient (Wildman–Crippen LogP) is 4.33. The molecule has 0 spiro atoms. The van der Waals surface area contributed by atoms with Crippen LogP contribution in [0.5, 0.6) is 5.75 Å². The second kappa shape index (κ2) is 9.84. The van der Waals surface area contributed by atoms with Crippen LogP contribution in [0.2, 0.25) is 0 Å². The van der Waals surface area contributed by atoms with Crippen LogP contribution in [0.4, 0.5) is 5.69 Å². The Morgan fingerprint density at radius 2 is 1.84 bits per heavy atom. The first-order valence-corrected chi connectivity index (χ1v) is 11.5. The summed E-state index contributed by atoms with van der Waals surface area (Å²) in [6.07, 6.45) is 1.70. The predicted molar refractivity (Wildman–Crippen MR) is 129 cm³/mol. The fourth-order valence-corrected chi connectivity index (χ4v) is 4.03. The second-order valence-electron chi connectivity index (χ2n) is 6.93. The number of anilines is 1. The second-order valence-corrected chi connectivity index (χ2v) is 8.29. The van der Waals surface area contributed by atoms with Crippen LogP contribution in [-0.4, -0.2) is 37.4 Å². The number of aryl methyl sites for hydroxylation is 1. The smallest absolute Gasteiger partial charge is 0.257 e. The number of hydrogen-bond donors (Lipinski definition) is 2. The van der Waals surface area contributed by atoms with Crippen molar-refractivity contribution in [2.75, 3.05) is 11.9 Å². The number of benzene rings is 2. The summed E-state index contributed by atoms with van der Waals surface area (Å²) in [6, 6.07) is 14.6. The van der Waals surface area contributed by atoms with Crippen molar-refractivity contribution in [1.82, 2.24) is 25.1 Å². The number of aromatic nitrogens is 4. The lowest BCUT2D eigenvalue weighted by Gasteiger charge is -2.10. The quantitative estimate of drug-likeness (QED) is 0.392. The number of nitrogens with zero attached hydrogens (tertiary/aromatic N) is 4. The van der Waals surface area contributed by atoms with Gasteiger partial charge in [0.25, 0.3) is 5.91 Å². The molecule has 4 aromatic rings. The topological polar surface area (TPSA) is 93.4 Å². The molecular weight excluding hydrogens is 444 g/mol. The Bertz CT molecular complexity index is 1230. The Morgan fingerprint density at radius 3 is 2.53 bits per heavy atom. The molecule has 0 radical (unpaired) electrons. The minimum absolute atomic E-state index is 0.223. The van der Waals surface area contributed by atoms with Crippen molar-refractivity contribution in [2.45, 2.75) is 26.7 Å². The molecule has 0 aliphatic carbocycles. The molecule has 8 nitrogen and oxygen atoms in total. The van der Waals surface area contributed by atoms with Gasteiger partial charge in [-0.3, -0.25) is 10.1 Å². The van der Waals surface area contributed by atoms with Gasteiger partial charge in [-0.15, -0.1) is 10.2 Å². The average molecular weight is 467 g/mol. The van der Waals surface area contributed by atoms with E-state index < -0.39 is 0 Å². The zero-order valence-electron chi connectivity index (χ0n) is 17.7. The van der Waals surface area contributed by atoms with E-state index in [1.54, 1.807) is 28.8 Å². The van der Waals surface area contributed by atoms with Gasteiger partial charge in [0.2, 0.25) is 4.96 Å². The van der Waals surface area contributed by atoms with Gasteiger partial charge in [-0.05, 0) is 67.2 Å². The molecule has 0 atom stereocenters. The molecule has 0 unspecified atom stereocenters. The fraction of sp³-hybridized carbons (Fsp3) is 0.227. The van der Waals surface area contributed by atoms with Gasteiger partial charge in [0, 0.05) is 23.2 Å². The summed E-state index contributed by atoms with van der Waals surface area (Å²) < 4.78 is 7.31. The number of carbonyl (C=O) groups is 1. The third-order valence-electron chi connectivity index (χ3n) is 4.58. The van der Waals surface area contributed by atoms with E-state index in [0.29, 0.717) is 12.2 Å². The Hall–Kier alpha value is -3.37. The fourth-order valence-electron chi connectivity index (χ4n) is 2.95. The molecule has 1 amide bonds. The van der Waals surface area contributed by atoms with Gasteiger partial charge in [0.1, 0.15) is 10.8 Å². The van der Waals surface area contributed by atoms with E-state index in [1.807, 2.05) is 38.1 Å². The summed E-state index contributed by atoms with van der Waals surface area (Å²) in [5.74, 6) is 1.29. The first kappa shape index (κ1) is 21.8. The van der Waals surface area contributed by atoms with Gasteiger partial charge in [0.15, 0.2) is 10.9 Å². The molecule has 2 aromatic carbocycles. The number of ether oxygens (including phenoxy) is 1. The summed E-state index contributed by atoms with van der Waals surface area (Å²) >= 11 is 6.77. The Balaban J connectivity index is 1.35. The normalized spacial score (nSPS) is 10.8. The molecule has 0 aliphatic rings. The summed E-state index contributed by atoms with van der Waals surface area (Å²) in [6.45, 7) is 4.71. The number of amides is 1. The highest BCUT2D eigenvalue weighted by Gasteiger charge is 2.12. The maximum atomic E-state index is 12.4. The highest BCUT2D eigenvalue weighted by molar-refractivity contribution is 7.80. The third kappa shape index (κ3) is 4.92. The number of hydrogen-bond acceptors (Lipinski definition) is 7. The van der Waals surface area contributed by atoms with E-state index in [0.717, 1.165) is 45.6 Å². The molecule has 0 fully saturated rings. The van der Waals surface area contributed by atoms with Crippen molar-refractivity contribution < 1.29 is 9.53 Å². The molecule has 32 heavy (non-hydrogen) atoms. The molecule has 0 saturated carbocycles. The van der Waals surface area contributed by atoms with Gasteiger partial charge < -0.3 is 10.1 Å². The van der Waals surface area contributed by atoms with Crippen LogP contribution in [-0.2, 0) is 6.42 Å². The molecule has 0 aliphatic heterocycles. The minimum atomic E-state index is -0.285. The first-order chi connectivity index (χ1) is 15.6. The Labute approximate surface area is 194 Å². The molecule has 10 heteroatoms. The van der Waals surface area contributed by atoms with Gasteiger partial charge in [-0.1, -0.05) is 25.2 Å². The van der Waals surface area contributed by atoms with Crippen molar-refractivity contribution in [1.29, 1.82) is 0 Å². The van der Waals surface area contributed by atoms with Crippen LogP contribution >= 0.6 is 23.6 Å². The lowest BCUT2D eigenvalue weighted by molar-refractivity contribution is 0.0977. The maximum Gasteiger partial charge on any atom is 0.257 e. The molecule has 0 saturated heterocycles. The molecule has 0 bridgehead atoms. The number of fused-ring (bicyclic) bond motifs is 1. The number of carbonyl (C=O) groups excluding carboxylic acids is 1. The molecule has 164 valence electrons. The van der Waals surface area contributed by atoms with Crippen LogP contribution in [0.3, 0.4) is 0 Å². The third-order valence-corrected chi connectivity index (χ3v) is 5.73. The number of rotatable bonds is 7. The highest BCUT2D eigenvalue weighted by Crippen LogP contribution is 2.26. The van der Waals surface area contributed by atoms with Crippen LogP contribution in [0.25, 0.3) is 15.5 Å². The summed E-state index contributed by atoms with van der Waals surface area (Å²) in [5, 5.41) is 19.7. The van der Waals surface area contributed by atoms with Crippen LogP contribution in [0, 0.1) is 0 Å². The zero-order valence-corrected chi connectivity index (χ0v) is 19.3. The lowest BCUT2D eigenvalue weighted by atomic mass is 10.2. The van der Waals surface area contributed by atoms with Crippen molar-refractivity contribution in [3.63, 3.8) is 0 Å². The van der Waals surface area contributed by atoms with E-state index in [9.17, 15) is 4.79 Å². The van der Waals surface area contributed by atoms with E-state index >= 15 is 0 Å². The van der Waals surface area contributed by atoms with Gasteiger partial charge in [-0.25, -0.2) is 0 Å². The largest absolute Gasteiger partial charge is 0.494 e. The van der Waals surface area contributed by atoms with Crippen molar-refractivity contribution >= 4 is 45.2 Å². The zero-order chi connectivity index (χ0) is 22.5. The molecule has 4 rings (SSSR count). The van der Waals surface area contributed by atoms with E-state index in [-0.39, 0.29) is 11.0 Å². The van der Waals surface area contributed by atoms with Gasteiger partial charge in [-0.2, -0.15) is 9.61 Å². The first-order valence-electron chi connectivity index (χ1n) is 10.2. The summed E-state index contributed by atoms with van der Waals surface area (Å²) in [4.78, 5) is 13.2. The summed E-state index contributed by atoms with van der Waals surface area (Å²) in [7, 11) is 0. The standard InChI is InChI=1S/C22H22N6O2S2/c1-3-13-30-17-11-7-14(8-12-17)19(29)24-21(31)23-16-9-5-15(6-10-16)20-27-28-18(4-2)25-26-22(28)32-20/h5-12H,3-4,13H2,1-2H3,(H2,23,24,29,31). The summed E-state index contributed by atoms with van der Waals surface area (Å²) in [5.41, 5.74) is 2.23. The van der Waals surface area contributed by atoms with Crippen LogP contribution < -0.4 is 15.4 Å². The van der Waals surface area contributed by atoms with E-state index in [1.165, 1.54) is 11.3 Å². The monoisotopic (exact) mass is 466 g/mol. The number of nitrogens with one attached hydrogen (secondary N) is 2. The Morgan fingerprint density at radius 1 is 1.09 bits per heavy atom.